The number of nitrogens with one attached hydrogen (secondary N) is 5. The first-order valence-corrected chi connectivity index (χ1v) is 6.41. The molecule has 0 aromatic carbocycles. The molecule has 2 saturated heterocycles. The van der Waals surface area contributed by atoms with Crippen LogP contribution in [0.5, 0.6) is 0 Å². The maximum Gasteiger partial charge on any atom is 0.315 e. The monoisotopic (exact) mass is 267 g/mol. The van der Waals surface area contributed by atoms with E-state index < -0.39 is 0 Å². The zero-order chi connectivity index (χ0) is 13.6. The van der Waals surface area contributed by atoms with Crippen LogP contribution in [0.15, 0.2) is 0 Å². The summed E-state index contributed by atoms with van der Waals surface area (Å²) in [5.41, 5.74) is 6.13. The van der Waals surface area contributed by atoms with Crippen LogP contribution in [0, 0.1) is 0 Å². The van der Waals surface area contributed by atoms with E-state index in [1.165, 1.54) is 6.92 Å². The lowest BCUT2D eigenvalue weighted by molar-refractivity contribution is -0.128. The van der Waals surface area contributed by atoms with Gasteiger partial charge in [0.25, 0.3) is 0 Å². The predicted molar refractivity (Wildman–Crippen MR) is 64.9 cm³/mol. The lowest BCUT2D eigenvalue weighted by Crippen LogP contribution is -2.81. The fourth-order valence-corrected chi connectivity index (χ4v) is 3.08. The minimum Gasteiger partial charge on any atom is -0.349 e. The average molecular weight is 267 g/mol. The molecule has 8 heteroatoms. The van der Waals surface area contributed by atoms with E-state index in [0.717, 1.165) is 6.42 Å². The molecule has 1 aliphatic carbocycles. The number of ketones is 1. The van der Waals surface area contributed by atoms with Gasteiger partial charge in [-0.3, -0.25) is 20.4 Å². The molecule has 1 saturated carbocycles. The third-order valence-corrected chi connectivity index (χ3v) is 3.94. The van der Waals surface area contributed by atoms with E-state index in [-0.39, 0.29) is 54.4 Å². The summed E-state index contributed by atoms with van der Waals surface area (Å²) in [5, 5.41) is 8.54. The van der Waals surface area contributed by atoms with Crippen molar-refractivity contribution in [2.24, 2.45) is 0 Å². The quantitative estimate of drug-likeness (QED) is 0.371. The molecular formula is C11H17N5O3. The van der Waals surface area contributed by atoms with E-state index in [9.17, 15) is 14.4 Å². The summed E-state index contributed by atoms with van der Waals surface area (Å²) in [5.74, 6) is -0.471. The van der Waals surface area contributed by atoms with Crippen molar-refractivity contribution in [2.75, 3.05) is 0 Å². The number of fused-ring (bicyclic) bond motifs is 2. The van der Waals surface area contributed by atoms with Crippen LogP contribution >= 0.6 is 0 Å². The molecular weight excluding hydrogens is 250 g/mol. The molecule has 19 heavy (non-hydrogen) atoms. The van der Waals surface area contributed by atoms with Gasteiger partial charge in [-0.15, -0.1) is 0 Å². The van der Waals surface area contributed by atoms with Gasteiger partial charge in [0.2, 0.25) is 5.91 Å². The third-order valence-electron chi connectivity index (χ3n) is 3.94. The van der Waals surface area contributed by atoms with Gasteiger partial charge >= 0.3 is 6.03 Å². The Morgan fingerprint density at radius 3 is 2.63 bits per heavy atom. The predicted octanol–water partition coefficient (Wildman–Crippen LogP) is -2.25. The highest BCUT2D eigenvalue weighted by atomic mass is 16.2. The van der Waals surface area contributed by atoms with Gasteiger partial charge in [-0.25, -0.2) is 4.79 Å². The molecule has 3 aliphatic rings. The van der Waals surface area contributed by atoms with E-state index in [1.54, 1.807) is 0 Å². The van der Waals surface area contributed by atoms with Crippen molar-refractivity contribution >= 4 is 17.7 Å². The Kier molecular flexibility index (Phi) is 2.90. The zero-order valence-corrected chi connectivity index (χ0v) is 10.5. The Balaban J connectivity index is 1.71. The first-order chi connectivity index (χ1) is 9.04. The van der Waals surface area contributed by atoms with Crippen molar-refractivity contribution < 1.29 is 14.4 Å². The second kappa shape index (κ2) is 4.46. The Bertz CT molecular complexity index is 440. The minimum absolute atomic E-state index is 0.00554. The van der Waals surface area contributed by atoms with Gasteiger partial charge in [-0.05, 0) is 13.3 Å². The van der Waals surface area contributed by atoms with Gasteiger partial charge in [-0.1, -0.05) is 0 Å². The molecule has 2 aliphatic heterocycles. The fourth-order valence-electron chi connectivity index (χ4n) is 3.08. The standard InChI is InChI=1S/C11H17N5O3/c1-4(17)2-7(18)13-10-8-5(12-11(19)14-8)3-6-9(10)16-15-6/h5-6,8-10,15-16H,2-3H2,1H3,(H,13,18)(H2,12,14,19). The average Bonchev–Trinajstić information content (AvgIpc) is 2.62. The van der Waals surface area contributed by atoms with E-state index in [1.807, 2.05) is 0 Å². The Morgan fingerprint density at radius 1 is 1.21 bits per heavy atom. The molecule has 8 nitrogen and oxygen atoms in total. The highest BCUT2D eigenvalue weighted by Gasteiger charge is 2.52. The molecule has 3 fully saturated rings. The van der Waals surface area contributed by atoms with Crippen LogP contribution in [-0.2, 0) is 9.59 Å². The smallest absolute Gasteiger partial charge is 0.315 e. The van der Waals surface area contributed by atoms with Crippen LogP contribution in [0.2, 0.25) is 0 Å². The molecule has 5 atom stereocenters. The normalized spacial score (nSPS) is 39.2. The number of urea groups is 1. The summed E-state index contributed by atoms with van der Waals surface area (Å²) < 4.78 is 0. The summed E-state index contributed by atoms with van der Waals surface area (Å²) in [6.45, 7) is 1.38. The number of carbonyl (C=O) groups excluding carboxylic acids is 3. The molecule has 104 valence electrons. The SMILES string of the molecule is CC(=O)CC(=O)NC1C2NNC2CC2NC(=O)NC21. The van der Waals surface area contributed by atoms with Gasteiger partial charge in [0.05, 0.1) is 30.6 Å². The fraction of sp³-hybridized carbons (Fsp3) is 0.727. The number of hydrazine groups is 1. The largest absolute Gasteiger partial charge is 0.349 e. The number of amides is 3. The van der Waals surface area contributed by atoms with Crippen molar-refractivity contribution in [2.45, 2.75) is 50.0 Å². The Labute approximate surface area is 110 Å². The first kappa shape index (κ1) is 12.4. The van der Waals surface area contributed by atoms with E-state index in [0.29, 0.717) is 0 Å². The topological polar surface area (TPSA) is 111 Å². The molecule has 3 rings (SSSR count). The summed E-state index contributed by atoms with van der Waals surface area (Å²) >= 11 is 0. The second-order valence-corrected chi connectivity index (χ2v) is 5.38. The van der Waals surface area contributed by atoms with Crippen LogP contribution in [0.1, 0.15) is 19.8 Å². The van der Waals surface area contributed by atoms with Crippen molar-refractivity contribution in [1.29, 1.82) is 0 Å². The van der Waals surface area contributed by atoms with Gasteiger partial charge < -0.3 is 16.0 Å². The maximum atomic E-state index is 11.8. The molecule has 0 bridgehead atoms. The number of rotatable bonds is 3. The number of carbonyl (C=O) groups is 3. The molecule has 5 N–H and O–H groups in total. The highest BCUT2D eigenvalue weighted by Crippen LogP contribution is 2.26. The molecule has 5 unspecified atom stereocenters. The third kappa shape index (κ3) is 2.17. The Hall–Kier alpha value is -1.67. The van der Waals surface area contributed by atoms with E-state index in [2.05, 4.69) is 26.8 Å². The van der Waals surface area contributed by atoms with Crippen LogP contribution < -0.4 is 26.8 Å². The van der Waals surface area contributed by atoms with Crippen molar-refractivity contribution in [1.82, 2.24) is 26.8 Å². The molecule has 0 aromatic rings. The molecule has 0 aromatic heterocycles. The molecule has 2 heterocycles. The number of hydrogen-bond acceptors (Lipinski definition) is 5. The number of hydrogen-bond donors (Lipinski definition) is 5. The number of Topliss-reactive ketones (excluding diaryl/α,β-unsaturated/α-hetero) is 1. The van der Waals surface area contributed by atoms with E-state index in [4.69, 9.17) is 0 Å². The summed E-state index contributed by atoms with van der Waals surface area (Å²) in [6, 6.07) is -0.246. The highest BCUT2D eigenvalue weighted by molar-refractivity contribution is 5.97. The van der Waals surface area contributed by atoms with Crippen molar-refractivity contribution in [3.63, 3.8) is 0 Å². The van der Waals surface area contributed by atoms with Crippen LogP contribution in [0.3, 0.4) is 0 Å². The van der Waals surface area contributed by atoms with Gasteiger partial charge in [0, 0.05) is 6.04 Å². The van der Waals surface area contributed by atoms with Gasteiger partial charge in [-0.2, -0.15) is 0 Å². The lowest BCUT2D eigenvalue weighted by atomic mass is 9.78. The molecule has 3 amide bonds. The van der Waals surface area contributed by atoms with Crippen LogP contribution in [0.4, 0.5) is 4.79 Å². The van der Waals surface area contributed by atoms with Gasteiger partial charge in [0.1, 0.15) is 5.78 Å². The van der Waals surface area contributed by atoms with Gasteiger partial charge in [0.15, 0.2) is 0 Å². The summed E-state index contributed by atoms with van der Waals surface area (Å²) in [7, 11) is 0. The second-order valence-electron chi connectivity index (χ2n) is 5.38. The summed E-state index contributed by atoms with van der Waals surface area (Å²) in [6.07, 6.45) is 0.695. The lowest BCUT2D eigenvalue weighted by Gasteiger charge is -2.51. The van der Waals surface area contributed by atoms with Crippen LogP contribution in [0.25, 0.3) is 0 Å². The van der Waals surface area contributed by atoms with Crippen molar-refractivity contribution in [3.8, 4) is 0 Å². The minimum atomic E-state index is -0.299. The Morgan fingerprint density at radius 2 is 2.00 bits per heavy atom. The summed E-state index contributed by atoms with van der Waals surface area (Å²) in [4.78, 5) is 34.1. The maximum absolute atomic E-state index is 11.8. The van der Waals surface area contributed by atoms with Crippen molar-refractivity contribution in [3.05, 3.63) is 0 Å². The van der Waals surface area contributed by atoms with E-state index >= 15 is 0 Å². The van der Waals surface area contributed by atoms with Crippen LogP contribution in [-0.4, -0.2) is 47.9 Å². The molecule has 0 radical (unpaired) electrons. The molecule has 0 spiro atoms. The first-order valence-electron chi connectivity index (χ1n) is 6.41. The zero-order valence-electron chi connectivity index (χ0n) is 10.5.